The minimum atomic E-state index is -0.370. The molecule has 0 aromatic carbocycles. The first-order valence-corrected chi connectivity index (χ1v) is 6.46. The molecular weight excluding hydrogens is 216 g/mol. The molecule has 1 aliphatic carbocycles. The average Bonchev–Trinajstić information content (AvgIpc) is 2.64. The van der Waals surface area contributed by atoms with Crippen LogP contribution in [0.15, 0.2) is 0 Å². The molecule has 0 atom stereocenters. The van der Waals surface area contributed by atoms with E-state index in [1.165, 1.54) is 4.90 Å². The third kappa shape index (κ3) is 2.10. The maximum atomic E-state index is 12.2. The zero-order chi connectivity index (χ0) is 12.7. The number of nitrogens with zero attached hydrogens (tertiary/aromatic N) is 1. The molecule has 1 heterocycles. The molecule has 2 aliphatic rings. The van der Waals surface area contributed by atoms with Gasteiger partial charge in [-0.1, -0.05) is 26.7 Å². The van der Waals surface area contributed by atoms with Crippen LogP contribution in [-0.2, 0) is 9.59 Å². The van der Waals surface area contributed by atoms with E-state index in [9.17, 15) is 9.59 Å². The van der Waals surface area contributed by atoms with Gasteiger partial charge in [-0.15, -0.1) is 0 Å². The van der Waals surface area contributed by atoms with Gasteiger partial charge in [0, 0.05) is 19.4 Å². The van der Waals surface area contributed by atoms with Gasteiger partial charge in [0.1, 0.15) is 0 Å². The van der Waals surface area contributed by atoms with E-state index in [0.717, 1.165) is 25.7 Å². The first-order chi connectivity index (χ1) is 7.90. The SMILES string of the molecule is CC1(C)CC(=O)N(C2(CN)CCCC2)C(=O)C1. The first-order valence-electron chi connectivity index (χ1n) is 6.46. The van der Waals surface area contributed by atoms with Gasteiger partial charge in [-0.3, -0.25) is 14.5 Å². The maximum absolute atomic E-state index is 12.2. The van der Waals surface area contributed by atoms with E-state index in [1.807, 2.05) is 13.8 Å². The van der Waals surface area contributed by atoms with Crippen molar-refractivity contribution in [1.82, 2.24) is 4.90 Å². The van der Waals surface area contributed by atoms with Crippen LogP contribution in [0.3, 0.4) is 0 Å². The number of piperidine rings is 1. The van der Waals surface area contributed by atoms with Crippen molar-refractivity contribution in [3.05, 3.63) is 0 Å². The Kier molecular flexibility index (Phi) is 3.02. The van der Waals surface area contributed by atoms with E-state index in [4.69, 9.17) is 5.73 Å². The van der Waals surface area contributed by atoms with Crippen LogP contribution >= 0.6 is 0 Å². The zero-order valence-electron chi connectivity index (χ0n) is 10.8. The first kappa shape index (κ1) is 12.6. The number of amides is 2. The summed E-state index contributed by atoms with van der Waals surface area (Å²) in [4.78, 5) is 25.9. The van der Waals surface area contributed by atoms with E-state index in [-0.39, 0.29) is 22.8 Å². The molecule has 4 nitrogen and oxygen atoms in total. The number of rotatable bonds is 2. The van der Waals surface area contributed by atoms with Crippen LogP contribution in [0.25, 0.3) is 0 Å². The monoisotopic (exact) mass is 238 g/mol. The van der Waals surface area contributed by atoms with Gasteiger partial charge in [-0.25, -0.2) is 0 Å². The van der Waals surface area contributed by atoms with Crippen molar-refractivity contribution in [2.24, 2.45) is 11.1 Å². The lowest BCUT2D eigenvalue weighted by atomic mass is 9.79. The summed E-state index contributed by atoms with van der Waals surface area (Å²) >= 11 is 0. The molecule has 0 aromatic rings. The van der Waals surface area contributed by atoms with Crippen molar-refractivity contribution in [3.8, 4) is 0 Å². The summed E-state index contributed by atoms with van der Waals surface area (Å²) in [5.41, 5.74) is 5.28. The van der Waals surface area contributed by atoms with Crippen molar-refractivity contribution in [2.75, 3.05) is 6.54 Å². The van der Waals surface area contributed by atoms with Crippen LogP contribution < -0.4 is 5.73 Å². The summed E-state index contributed by atoms with van der Waals surface area (Å²) in [5, 5.41) is 0. The molecule has 2 fully saturated rings. The van der Waals surface area contributed by atoms with E-state index in [1.54, 1.807) is 0 Å². The van der Waals surface area contributed by atoms with Gasteiger partial charge >= 0.3 is 0 Å². The van der Waals surface area contributed by atoms with E-state index in [2.05, 4.69) is 0 Å². The fourth-order valence-electron chi connectivity index (χ4n) is 3.26. The smallest absolute Gasteiger partial charge is 0.230 e. The van der Waals surface area contributed by atoms with Crippen LogP contribution in [0, 0.1) is 5.41 Å². The normalized spacial score (nSPS) is 27.6. The molecule has 1 saturated carbocycles. The third-order valence-corrected chi connectivity index (χ3v) is 4.15. The minimum Gasteiger partial charge on any atom is -0.328 e. The van der Waals surface area contributed by atoms with Crippen LogP contribution in [-0.4, -0.2) is 28.8 Å². The standard InChI is InChI=1S/C13H22N2O2/c1-12(2)7-10(16)15(11(17)8-12)13(9-14)5-3-4-6-13/h3-9,14H2,1-2H3. The Labute approximate surface area is 103 Å². The molecule has 96 valence electrons. The second kappa shape index (κ2) is 4.09. The van der Waals surface area contributed by atoms with Gasteiger partial charge in [0.05, 0.1) is 5.54 Å². The predicted octanol–water partition coefficient (Wildman–Crippen LogP) is 1.43. The Morgan fingerprint density at radius 1 is 1.12 bits per heavy atom. The molecule has 4 heteroatoms. The van der Waals surface area contributed by atoms with Crippen molar-refractivity contribution in [3.63, 3.8) is 0 Å². The molecule has 0 unspecified atom stereocenters. The number of carbonyl (C=O) groups excluding carboxylic acids is 2. The topological polar surface area (TPSA) is 63.4 Å². The van der Waals surface area contributed by atoms with Crippen LogP contribution in [0.1, 0.15) is 52.4 Å². The second-order valence-electron chi connectivity index (χ2n) is 6.28. The number of likely N-dealkylation sites (tertiary alicyclic amines) is 1. The van der Waals surface area contributed by atoms with Gasteiger partial charge < -0.3 is 5.73 Å². The lowest BCUT2D eigenvalue weighted by Crippen LogP contribution is -2.60. The molecule has 0 spiro atoms. The molecule has 0 radical (unpaired) electrons. The van der Waals surface area contributed by atoms with Gasteiger partial charge in [0.25, 0.3) is 0 Å². The lowest BCUT2D eigenvalue weighted by Gasteiger charge is -2.44. The molecule has 0 bridgehead atoms. The zero-order valence-corrected chi connectivity index (χ0v) is 10.8. The molecule has 2 rings (SSSR count). The molecule has 17 heavy (non-hydrogen) atoms. The molecule has 1 aliphatic heterocycles. The Morgan fingerprint density at radius 2 is 1.59 bits per heavy atom. The maximum Gasteiger partial charge on any atom is 0.230 e. The van der Waals surface area contributed by atoms with Gasteiger partial charge in [0.15, 0.2) is 0 Å². The van der Waals surface area contributed by atoms with Crippen molar-refractivity contribution < 1.29 is 9.59 Å². The molecular formula is C13H22N2O2. The molecule has 1 saturated heterocycles. The Morgan fingerprint density at radius 3 is 2.00 bits per heavy atom. The van der Waals surface area contributed by atoms with Crippen molar-refractivity contribution in [1.29, 1.82) is 0 Å². The van der Waals surface area contributed by atoms with Gasteiger partial charge in [-0.2, -0.15) is 0 Å². The Bertz CT molecular complexity index is 323. The van der Waals surface area contributed by atoms with Crippen LogP contribution in [0.5, 0.6) is 0 Å². The van der Waals surface area contributed by atoms with E-state index < -0.39 is 0 Å². The van der Waals surface area contributed by atoms with Crippen LogP contribution in [0.2, 0.25) is 0 Å². The fraction of sp³-hybridized carbons (Fsp3) is 0.846. The summed E-state index contributed by atoms with van der Waals surface area (Å²) < 4.78 is 0. The quantitative estimate of drug-likeness (QED) is 0.740. The summed E-state index contributed by atoms with van der Waals surface area (Å²) in [6.45, 7) is 4.36. The highest BCUT2D eigenvalue weighted by Crippen LogP contribution is 2.40. The number of carbonyl (C=O) groups is 2. The summed E-state index contributed by atoms with van der Waals surface area (Å²) in [7, 11) is 0. The Hall–Kier alpha value is -0.900. The minimum absolute atomic E-state index is 0.0291. The third-order valence-electron chi connectivity index (χ3n) is 4.15. The summed E-state index contributed by atoms with van der Waals surface area (Å²) in [5.74, 6) is -0.0581. The predicted molar refractivity (Wildman–Crippen MR) is 65.1 cm³/mol. The largest absolute Gasteiger partial charge is 0.328 e. The van der Waals surface area contributed by atoms with Crippen molar-refractivity contribution >= 4 is 11.8 Å². The number of hydrogen-bond donors (Lipinski definition) is 1. The van der Waals surface area contributed by atoms with Gasteiger partial charge in [-0.05, 0) is 18.3 Å². The number of hydrogen-bond acceptors (Lipinski definition) is 3. The lowest BCUT2D eigenvalue weighted by molar-refractivity contribution is -0.160. The number of nitrogens with two attached hydrogens (primary N) is 1. The van der Waals surface area contributed by atoms with E-state index >= 15 is 0 Å². The second-order valence-corrected chi connectivity index (χ2v) is 6.28. The van der Waals surface area contributed by atoms with Crippen LogP contribution in [0.4, 0.5) is 0 Å². The molecule has 2 N–H and O–H groups in total. The highest BCUT2D eigenvalue weighted by atomic mass is 16.2. The van der Waals surface area contributed by atoms with E-state index in [0.29, 0.717) is 19.4 Å². The molecule has 2 amide bonds. The average molecular weight is 238 g/mol. The van der Waals surface area contributed by atoms with Crippen molar-refractivity contribution in [2.45, 2.75) is 57.9 Å². The Balaban J connectivity index is 2.26. The molecule has 0 aromatic heterocycles. The summed E-state index contributed by atoms with van der Waals surface area (Å²) in [6.07, 6.45) is 4.80. The highest BCUT2D eigenvalue weighted by molar-refractivity contribution is 5.99. The summed E-state index contributed by atoms with van der Waals surface area (Å²) in [6, 6.07) is 0. The highest BCUT2D eigenvalue weighted by Gasteiger charge is 2.48. The fourth-order valence-corrected chi connectivity index (χ4v) is 3.26. The van der Waals surface area contributed by atoms with Gasteiger partial charge in [0.2, 0.25) is 11.8 Å². The number of imide groups is 1.